The second-order valence-electron chi connectivity index (χ2n) is 4.18. The fourth-order valence-electron chi connectivity index (χ4n) is 1.46. The van der Waals surface area contributed by atoms with Gasteiger partial charge in [0.25, 0.3) is 0 Å². The van der Waals surface area contributed by atoms with E-state index in [2.05, 4.69) is 34.9 Å². The summed E-state index contributed by atoms with van der Waals surface area (Å²) in [5.41, 5.74) is 2.04. The molecule has 0 amide bonds. The molecule has 1 rings (SSSR count). The Labute approximate surface area is 108 Å². The summed E-state index contributed by atoms with van der Waals surface area (Å²) in [6.45, 7) is 9.59. The molecule has 0 unspecified atom stereocenters. The maximum absolute atomic E-state index is 4.58. The first-order valence-electron chi connectivity index (χ1n) is 6.11. The van der Waals surface area contributed by atoms with Crippen molar-refractivity contribution in [1.29, 1.82) is 0 Å². The molecule has 0 aliphatic carbocycles. The van der Waals surface area contributed by atoms with Gasteiger partial charge in [-0.25, -0.2) is 0 Å². The van der Waals surface area contributed by atoms with Crippen LogP contribution in [0.1, 0.15) is 13.8 Å². The van der Waals surface area contributed by atoms with Crippen LogP contribution in [0.15, 0.2) is 22.8 Å². The normalized spacial score (nSPS) is 14.3. The van der Waals surface area contributed by atoms with Crippen LogP contribution < -0.4 is 21.5 Å². The number of nitrogens with one attached hydrogen (secondary N) is 1. The van der Waals surface area contributed by atoms with Gasteiger partial charge in [-0.3, -0.25) is 9.98 Å². The van der Waals surface area contributed by atoms with E-state index in [-0.39, 0.29) is 0 Å². The van der Waals surface area contributed by atoms with Crippen LogP contribution in [0.4, 0.5) is 0 Å². The molecule has 0 aliphatic heterocycles. The Morgan fingerprint density at radius 2 is 2.33 bits per heavy atom. The highest BCUT2D eigenvalue weighted by Gasteiger charge is 1.94. The molecule has 0 saturated carbocycles. The fraction of sp³-hybridized carbons (Fsp3) is 0.429. The number of hydrogen-bond donors (Lipinski definition) is 1. The van der Waals surface area contributed by atoms with Crippen LogP contribution in [0.3, 0.4) is 0 Å². The minimum Gasteiger partial charge on any atom is -0.327 e. The molecule has 0 spiro atoms. The lowest BCUT2D eigenvalue weighted by molar-refractivity contribution is 0.724. The third-order valence-corrected chi connectivity index (χ3v) is 2.77. The molecule has 0 aromatic carbocycles. The first-order valence-corrected chi connectivity index (χ1v) is 6.11. The van der Waals surface area contributed by atoms with Gasteiger partial charge in [-0.05, 0) is 27.0 Å². The zero-order valence-corrected chi connectivity index (χ0v) is 11.7. The summed E-state index contributed by atoms with van der Waals surface area (Å²) >= 11 is 0. The molecule has 4 nitrogen and oxygen atoms in total. The van der Waals surface area contributed by atoms with Crippen molar-refractivity contribution >= 4 is 12.7 Å². The molecule has 1 heterocycles. The van der Waals surface area contributed by atoms with E-state index in [1.165, 1.54) is 5.57 Å². The zero-order valence-electron chi connectivity index (χ0n) is 11.7. The highest BCUT2D eigenvalue weighted by atomic mass is 15.0. The van der Waals surface area contributed by atoms with Gasteiger partial charge in [0, 0.05) is 13.6 Å². The van der Waals surface area contributed by atoms with E-state index in [1.54, 1.807) is 6.20 Å². The number of allylic oxidation sites excluding steroid dienone is 2. The molecular formula is C14H22N4. The van der Waals surface area contributed by atoms with Crippen molar-refractivity contribution in [3.05, 3.63) is 34.0 Å². The summed E-state index contributed by atoms with van der Waals surface area (Å²) in [6.07, 6.45) is 5.86. The van der Waals surface area contributed by atoms with Crippen LogP contribution in [0.2, 0.25) is 0 Å². The van der Waals surface area contributed by atoms with Crippen LogP contribution in [0.25, 0.3) is 12.7 Å². The van der Waals surface area contributed by atoms with Crippen molar-refractivity contribution in [3.63, 3.8) is 0 Å². The second kappa shape index (κ2) is 6.91. The van der Waals surface area contributed by atoms with Gasteiger partial charge in [0.1, 0.15) is 5.35 Å². The Morgan fingerprint density at radius 1 is 1.61 bits per heavy atom. The zero-order chi connectivity index (χ0) is 13.5. The Bertz CT molecular complexity index is 593. The Morgan fingerprint density at radius 3 is 2.94 bits per heavy atom. The highest BCUT2D eigenvalue weighted by Crippen LogP contribution is 1.90. The SMILES string of the molecule is C=c1cn/c(=C/C(C)=C/C)c(=NCCNC)n1C. The van der Waals surface area contributed by atoms with Crippen LogP contribution in [0, 0.1) is 0 Å². The molecule has 0 aliphatic rings. The topological polar surface area (TPSA) is 42.2 Å². The summed E-state index contributed by atoms with van der Waals surface area (Å²) in [5.74, 6) is 0. The van der Waals surface area contributed by atoms with Crippen molar-refractivity contribution in [3.8, 4) is 0 Å². The quantitative estimate of drug-likeness (QED) is 0.741. The van der Waals surface area contributed by atoms with Crippen LogP contribution >= 0.6 is 0 Å². The van der Waals surface area contributed by atoms with Gasteiger partial charge in [-0.2, -0.15) is 0 Å². The summed E-state index contributed by atoms with van der Waals surface area (Å²) in [6, 6.07) is 0. The average molecular weight is 246 g/mol. The van der Waals surface area contributed by atoms with Gasteiger partial charge in [-0.15, -0.1) is 0 Å². The minimum absolute atomic E-state index is 0.727. The van der Waals surface area contributed by atoms with Crippen molar-refractivity contribution in [1.82, 2.24) is 14.9 Å². The number of rotatable bonds is 4. The van der Waals surface area contributed by atoms with Gasteiger partial charge in [0.2, 0.25) is 0 Å². The Kier molecular flexibility index (Phi) is 5.52. The maximum atomic E-state index is 4.58. The van der Waals surface area contributed by atoms with Crippen molar-refractivity contribution in [2.45, 2.75) is 13.8 Å². The lowest BCUT2D eigenvalue weighted by atomic mass is 10.2. The van der Waals surface area contributed by atoms with Crippen molar-refractivity contribution in [2.24, 2.45) is 12.0 Å². The van der Waals surface area contributed by atoms with E-state index < -0.39 is 0 Å². The molecule has 4 heteroatoms. The number of hydrogen-bond acceptors (Lipinski definition) is 3. The van der Waals surface area contributed by atoms with Gasteiger partial charge < -0.3 is 9.88 Å². The summed E-state index contributed by atoms with van der Waals surface area (Å²) in [5, 5.41) is 4.82. The van der Waals surface area contributed by atoms with Gasteiger partial charge in [0.05, 0.1) is 18.1 Å². The third-order valence-electron chi connectivity index (χ3n) is 2.77. The molecular weight excluding hydrogens is 224 g/mol. The summed E-state index contributed by atoms with van der Waals surface area (Å²) in [4.78, 5) is 8.99. The van der Waals surface area contributed by atoms with Gasteiger partial charge >= 0.3 is 0 Å². The molecule has 98 valence electrons. The number of nitrogens with zero attached hydrogens (tertiary/aromatic N) is 3. The smallest absolute Gasteiger partial charge is 0.154 e. The molecule has 18 heavy (non-hydrogen) atoms. The predicted molar refractivity (Wildman–Crippen MR) is 76.2 cm³/mol. The monoisotopic (exact) mass is 246 g/mol. The predicted octanol–water partition coefficient (Wildman–Crippen LogP) is -0.303. The lowest BCUT2D eigenvalue weighted by Gasteiger charge is -2.02. The van der Waals surface area contributed by atoms with E-state index in [1.807, 2.05) is 31.7 Å². The Hall–Kier alpha value is -1.68. The highest BCUT2D eigenvalue weighted by molar-refractivity contribution is 5.42. The first-order chi connectivity index (χ1) is 8.60. The third kappa shape index (κ3) is 3.67. The summed E-state index contributed by atoms with van der Waals surface area (Å²) in [7, 11) is 3.88. The second-order valence-corrected chi connectivity index (χ2v) is 4.18. The average Bonchev–Trinajstić information content (AvgIpc) is 2.37. The Balaban J connectivity index is 3.44. The molecule has 0 fully saturated rings. The van der Waals surface area contributed by atoms with Crippen LogP contribution in [0.5, 0.6) is 0 Å². The lowest BCUT2D eigenvalue weighted by Crippen LogP contribution is -2.44. The van der Waals surface area contributed by atoms with Crippen LogP contribution in [-0.4, -0.2) is 29.7 Å². The molecule has 0 bridgehead atoms. The van der Waals surface area contributed by atoms with E-state index >= 15 is 0 Å². The van der Waals surface area contributed by atoms with E-state index in [9.17, 15) is 0 Å². The van der Waals surface area contributed by atoms with E-state index in [0.29, 0.717) is 0 Å². The molecule has 0 radical (unpaired) electrons. The largest absolute Gasteiger partial charge is 0.327 e. The molecule has 1 aromatic heterocycles. The van der Waals surface area contributed by atoms with Crippen molar-refractivity contribution < 1.29 is 0 Å². The molecule has 1 N–H and O–H groups in total. The van der Waals surface area contributed by atoms with E-state index in [0.717, 1.165) is 29.3 Å². The molecule has 0 atom stereocenters. The van der Waals surface area contributed by atoms with Gasteiger partial charge in [-0.1, -0.05) is 18.2 Å². The number of likely N-dealkylation sites (N-methyl/N-ethyl adjacent to an activating group) is 1. The van der Waals surface area contributed by atoms with E-state index in [4.69, 9.17) is 0 Å². The van der Waals surface area contributed by atoms with Crippen LogP contribution in [-0.2, 0) is 7.05 Å². The first kappa shape index (κ1) is 14.4. The van der Waals surface area contributed by atoms with Gasteiger partial charge in [0.15, 0.2) is 5.49 Å². The maximum Gasteiger partial charge on any atom is 0.154 e. The minimum atomic E-state index is 0.727. The molecule has 1 aromatic rings. The van der Waals surface area contributed by atoms with Crippen molar-refractivity contribution in [2.75, 3.05) is 20.1 Å². The fourth-order valence-corrected chi connectivity index (χ4v) is 1.46. The number of aromatic nitrogens is 2. The molecule has 0 saturated heterocycles. The summed E-state index contributed by atoms with van der Waals surface area (Å²) < 4.78 is 1.97. The standard InChI is InChI=1S/C14H22N4/c1-6-11(2)9-13-14(16-8-7-15-4)18(5)12(3)10-17-13/h6,9-10,15H,3,7-8H2,1-2,4-5H3/b11-6+,13-9+,16-14?.